The SMILES string of the molecule is NC(=O)c1ccc(-c2nccn3nc(Nc4ccc5c(c4)CC(=O)N5)nc23)cc1. The van der Waals surface area contributed by atoms with Gasteiger partial charge in [0.2, 0.25) is 17.8 Å². The van der Waals surface area contributed by atoms with Crippen LogP contribution in [-0.2, 0) is 11.2 Å². The van der Waals surface area contributed by atoms with Crippen LogP contribution in [0.3, 0.4) is 0 Å². The Hall–Kier alpha value is -4.27. The third-order valence-electron chi connectivity index (χ3n) is 4.68. The average Bonchev–Trinajstić information content (AvgIpc) is 3.29. The molecular formula is C20H15N7O2. The Kier molecular flexibility index (Phi) is 3.73. The van der Waals surface area contributed by atoms with Gasteiger partial charge in [0.1, 0.15) is 5.69 Å². The van der Waals surface area contributed by atoms with E-state index < -0.39 is 5.91 Å². The molecule has 29 heavy (non-hydrogen) atoms. The molecule has 9 heteroatoms. The molecule has 0 radical (unpaired) electrons. The third-order valence-corrected chi connectivity index (χ3v) is 4.68. The lowest BCUT2D eigenvalue weighted by molar-refractivity contribution is -0.115. The fourth-order valence-corrected chi connectivity index (χ4v) is 3.30. The van der Waals surface area contributed by atoms with Crippen LogP contribution in [0.25, 0.3) is 16.9 Å². The molecule has 4 N–H and O–H groups in total. The van der Waals surface area contributed by atoms with Crippen molar-refractivity contribution >= 4 is 34.8 Å². The maximum Gasteiger partial charge on any atom is 0.248 e. The number of amides is 2. The molecule has 5 rings (SSSR count). The standard InChI is InChI=1S/C20H15N7O2/c21-18(29)12-3-1-11(2-4-12)17-19-25-20(26-27(19)8-7-22-17)23-14-5-6-15-13(9-14)10-16(28)24-15/h1-9H,10H2,(H2,21,29)(H,23,26)(H,24,28). The first-order valence-electron chi connectivity index (χ1n) is 8.88. The van der Waals surface area contributed by atoms with Gasteiger partial charge in [0.05, 0.1) is 6.42 Å². The minimum Gasteiger partial charge on any atom is -0.366 e. The summed E-state index contributed by atoms with van der Waals surface area (Å²) in [7, 11) is 0. The third kappa shape index (κ3) is 3.04. The van der Waals surface area contributed by atoms with E-state index in [0.717, 1.165) is 22.5 Å². The molecule has 9 nitrogen and oxygen atoms in total. The van der Waals surface area contributed by atoms with E-state index in [1.165, 1.54) is 0 Å². The second kappa shape index (κ2) is 6.41. The quantitative estimate of drug-likeness (QED) is 0.494. The van der Waals surface area contributed by atoms with Crippen molar-refractivity contribution in [2.45, 2.75) is 6.42 Å². The number of aromatic nitrogens is 4. The Balaban J connectivity index is 1.48. The molecule has 0 aliphatic carbocycles. The minimum absolute atomic E-state index is 0.0129. The van der Waals surface area contributed by atoms with Gasteiger partial charge in [-0.15, -0.1) is 5.10 Å². The van der Waals surface area contributed by atoms with E-state index in [0.29, 0.717) is 29.3 Å². The number of anilines is 3. The summed E-state index contributed by atoms with van der Waals surface area (Å²) >= 11 is 0. The van der Waals surface area contributed by atoms with Crippen molar-refractivity contribution in [3.63, 3.8) is 0 Å². The van der Waals surface area contributed by atoms with Gasteiger partial charge in [0.25, 0.3) is 0 Å². The molecule has 0 atom stereocenters. The predicted molar refractivity (Wildman–Crippen MR) is 107 cm³/mol. The molecule has 1 aliphatic heterocycles. The monoisotopic (exact) mass is 385 g/mol. The number of nitrogens with two attached hydrogens (primary N) is 1. The molecule has 0 saturated heterocycles. The zero-order valence-electron chi connectivity index (χ0n) is 15.1. The van der Waals surface area contributed by atoms with E-state index in [1.807, 2.05) is 18.2 Å². The maximum absolute atomic E-state index is 11.5. The van der Waals surface area contributed by atoms with Crippen LogP contribution in [0.4, 0.5) is 17.3 Å². The van der Waals surface area contributed by atoms with Crippen molar-refractivity contribution in [1.82, 2.24) is 19.6 Å². The van der Waals surface area contributed by atoms with E-state index in [2.05, 4.69) is 25.7 Å². The van der Waals surface area contributed by atoms with E-state index in [-0.39, 0.29) is 5.91 Å². The van der Waals surface area contributed by atoms with Crippen LogP contribution in [0.2, 0.25) is 0 Å². The lowest BCUT2D eigenvalue weighted by Crippen LogP contribution is -2.10. The van der Waals surface area contributed by atoms with Crippen molar-refractivity contribution in [3.8, 4) is 11.3 Å². The van der Waals surface area contributed by atoms with Gasteiger partial charge < -0.3 is 16.4 Å². The van der Waals surface area contributed by atoms with Crippen LogP contribution in [0.15, 0.2) is 54.9 Å². The van der Waals surface area contributed by atoms with E-state index in [1.54, 1.807) is 41.2 Å². The topological polar surface area (TPSA) is 127 Å². The summed E-state index contributed by atoms with van der Waals surface area (Å²) < 4.78 is 1.63. The summed E-state index contributed by atoms with van der Waals surface area (Å²) in [5.41, 5.74) is 10.3. The second-order valence-electron chi connectivity index (χ2n) is 6.64. The first-order chi connectivity index (χ1) is 14.1. The van der Waals surface area contributed by atoms with Gasteiger partial charge in [-0.05, 0) is 35.9 Å². The van der Waals surface area contributed by atoms with Gasteiger partial charge in [-0.25, -0.2) is 4.52 Å². The number of rotatable bonds is 4. The van der Waals surface area contributed by atoms with Gasteiger partial charge in [-0.2, -0.15) is 4.98 Å². The molecule has 4 aromatic rings. The highest BCUT2D eigenvalue weighted by atomic mass is 16.2. The molecule has 0 bridgehead atoms. The zero-order valence-corrected chi connectivity index (χ0v) is 15.1. The van der Waals surface area contributed by atoms with Crippen LogP contribution in [-0.4, -0.2) is 31.4 Å². The number of hydrogen-bond acceptors (Lipinski definition) is 6. The van der Waals surface area contributed by atoms with Crippen molar-refractivity contribution < 1.29 is 9.59 Å². The van der Waals surface area contributed by atoms with Crippen molar-refractivity contribution in [1.29, 1.82) is 0 Å². The lowest BCUT2D eigenvalue weighted by Gasteiger charge is -2.04. The highest BCUT2D eigenvalue weighted by Crippen LogP contribution is 2.28. The van der Waals surface area contributed by atoms with E-state index in [9.17, 15) is 9.59 Å². The minimum atomic E-state index is -0.483. The number of benzene rings is 2. The van der Waals surface area contributed by atoms with Crippen molar-refractivity contribution in [2.24, 2.45) is 5.73 Å². The number of primary amides is 1. The first kappa shape index (κ1) is 16.9. The van der Waals surface area contributed by atoms with Gasteiger partial charge >= 0.3 is 0 Å². The van der Waals surface area contributed by atoms with Gasteiger partial charge in [-0.1, -0.05) is 12.1 Å². The molecular weight excluding hydrogens is 370 g/mol. The van der Waals surface area contributed by atoms with Crippen LogP contribution in [0.5, 0.6) is 0 Å². The van der Waals surface area contributed by atoms with Crippen molar-refractivity contribution in [2.75, 3.05) is 10.6 Å². The fraction of sp³-hybridized carbons (Fsp3) is 0.0500. The fourth-order valence-electron chi connectivity index (χ4n) is 3.30. The number of hydrogen-bond donors (Lipinski definition) is 3. The van der Waals surface area contributed by atoms with Crippen LogP contribution in [0, 0.1) is 0 Å². The average molecular weight is 385 g/mol. The first-order valence-corrected chi connectivity index (χ1v) is 8.88. The molecule has 2 aromatic carbocycles. The Morgan fingerprint density at radius 3 is 2.79 bits per heavy atom. The van der Waals surface area contributed by atoms with Crippen LogP contribution in [0.1, 0.15) is 15.9 Å². The van der Waals surface area contributed by atoms with E-state index >= 15 is 0 Å². The molecule has 1 aliphatic rings. The molecule has 2 aromatic heterocycles. The smallest absolute Gasteiger partial charge is 0.248 e. The van der Waals surface area contributed by atoms with E-state index in [4.69, 9.17) is 5.73 Å². The summed E-state index contributed by atoms with van der Waals surface area (Å²) in [6.07, 6.45) is 3.70. The molecule has 2 amide bonds. The molecule has 3 heterocycles. The van der Waals surface area contributed by atoms with Gasteiger partial charge in [0.15, 0.2) is 5.65 Å². The maximum atomic E-state index is 11.5. The molecule has 142 valence electrons. The number of nitrogens with one attached hydrogen (secondary N) is 2. The Morgan fingerprint density at radius 1 is 1.17 bits per heavy atom. The van der Waals surface area contributed by atoms with Crippen LogP contribution >= 0.6 is 0 Å². The lowest BCUT2D eigenvalue weighted by atomic mass is 10.1. The Morgan fingerprint density at radius 2 is 2.00 bits per heavy atom. The van der Waals surface area contributed by atoms with Crippen molar-refractivity contribution in [3.05, 3.63) is 66.0 Å². The largest absolute Gasteiger partial charge is 0.366 e. The molecule has 0 fully saturated rings. The summed E-state index contributed by atoms with van der Waals surface area (Å²) in [5.74, 6) is -0.0887. The molecule has 0 unspecified atom stereocenters. The molecule has 0 spiro atoms. The van der Waals surface area contributed by atoms with Crippen LogP contribution < -0.4 is 16.4 Å². The summed E-state index contributed by atoms with van der Waals surface area (Å²) in [6.45, 7) is 0. The molecule has 0 saturated carbocycles. The zero-order chi connectivity index (χ0) is 20.0. The number of carbonyl (C=O) groups is 2. The number of carbonyl (C=O) groups excluding carboxylic acids is 2. The highest BCUT2D eigenvalue weighted by molar-refractivity contribution is 5.99. The predicted octanol–water partition coefficient (Wildman–Crippen LogP) is 2.13. The highest BCUT2D eigenvalue weighted by Gasteiger charge is 2.18. The Labute approximate surface area is 164 Å². The van der Waals surface area contributed by atoms with Gasteiger partial charge in [-0.3, -0.25) is 14.6 Å². The second-order valence-corrected chi connectivity index (χ2v) is 6.64. The summed E-state index contributed by atoms with van der Waals surface area (Å²) in [5, 5.41) is 10.4. The Bertz CT molecular complexity index is 1280. The summed E-state index contributed by atoms with van der Waals surface area (Å²) in [6, 6.07) is 12.5. The van der Waals surface area contributed by atoms with Gasteiger partial charge in [0, 0.05) is 34.9 Å². The summed E-state index contributed by atoms with van der Waals surface area (Å²) in [4.78, 5) is 31.8. The normalized spacial score (nSPS) is 12.6. The number of fused-ring (bicyclic) bond motifs is 2. The number of nitrogens with zero attached hydrogens (tertiary/aromatic N) is 4.